The van der Waals surface area contributed by atoms with Gasteiger partial charge in [0.2, 0.25) is 5.91 Å². The third kappa shape index (κ3) is 5.55. The number of rotatable bonds is 8. The molecule has 0 saturated carbocycles. The molecule has 6 nitrogen and oxygen atoms in total. The predicted molar refractivity (Wildman–Crippen MR) is 120 cm³/mol. The monoisotopic (exact) mass is 442 g/mol. The SMILES string of the molecule is Cc1cc(C(=O)CCC(=O)Nc2ccc(S(=O)(=O)Nc3ccccc3)cc2)c(C)s1. The topological polar surface area (TPSA) is 92.3 Å². The van der Waals surface area contributed by atoms with Gasteiger partial charge in [-0.1, -0.05) is 18.2 Å². The molecule has 1 heterocycles. The Kier molecular flexibility index (Phi) is 6.69. The van der Waals surface area contributed by atoms with Gasteiger partial charge in [-0.2, -0.15) is 0 Å². The number of Topliss-reactive ketones (excluding diaryl/α,β-unsaturated/α-hetero) is 1. The molecule has 3 rings (SSSR count). The number of benzene rings is 2. The molecule has 0 aliphatic rings. The molecule has 1 aromatic heterocycles. The number of hydrogen-bond acceptors (Lipinski definition) is 5. The van der Waals surface area contributed by atoms with Crippen molar-refractivity contribution in [3.8, 4) is 0 Å². The molecule has 0 aliphatic carbocycles. The molecule has 0 unspecified atom stereocenters. The van der Waals surface area contributed by atoms with Crippen LogP contribution in [-0.2, 0) is 14.8 Å². The first-order valence-electron chi connectivity index (χ1n) is 9.32. The number of sulfonamides is 1. The number of anilines is 2. The van der Waals surface area contributed by atoms with E-state index < -0.39 is 10.0 Å². The zero-order valence-electron chi connectivity index (χ0n) is 16.6. The van der Waals surface area contributed by atoms with Gasteiger partial charge < -0.3 is 5.32 Å². The van der Waals surface area contributed by atoms with Gasteiger partial charge in [0.1, 0.15) is 0 Å². The molecule has 156 valence electrons. The standard InChI is InChI=1S/C22H22N2O4S2/c1-15-14-20(16(2)29-15)21(25)12-13-22(26)23-17-8-10-19(11-9-17)30(27,28)24-18-6-4-3-5-7-18/h3-11,14,24H,12-13H2,1-2H3,(H,23,26). The van der Waals surface area contributed by atoms with Crippen LogP contribution in [0, 0.1) is 13.8 Å². The number of carbonyl (C=O) groups is 2. The van der Waals surface area contributed by atoms with Crippen molar-refractivity contribution in [1.82, 2.24) is 0 Å². The summed E-state index contributed by atoms with van der Waals surface area (Å²) in [5.41, 5.74) is 1.61. The van der Waals surface area contributed by atoms with E-state index in [1.807, 2.05) is 19.9 Å². The first-order chi connectivity index (χ1) is 14.2. The van der Waals surface area contributed by atoms with E-state index in [1.165, 1.54) is 24.3 Å². The number of carbonyl (C=O) groups excluding carboxylic acids is 2. The van der Waals surface area contributed by atoms with Gasteiger partial charge in [0.25, 0.3) is 10.0 Å². The summed E-state index contributed by atoms with van der Waals surface area (Å²) in [6.07, 6.45) is 0.180. The summed E-state index contributed by atoms with van der Waals surface area (Å²) in [6, 6.07) is 16.3. The van der Waals surface area contributed by atoms with Crippen LogP contribution in [0.2, 0.25) is 0 Å². The Hall–Kier alpha value is -2.97. The highest BCUT2D eigenvalue weighted by atomic mass is 32.2. The van der Waals surface area contributed by atoms with Gasteiger partial charge in [0.15, 0.2) is 5.78 Å². The predicted octanol–water partition coefficient (Wildman–Crippen LogP) is 4.77. The highest BCUT2D eigenvalue weighted by Gasteiger charge is 2.16. The van der Waals surface area contributed by atoms with Crippen LogP contribution in [0.3, 0.4) is 0 Å². The summed E-state index contributed by atoms with van der Waals surface area (Å²) in [5, 5.41) is 2.69. The maximum atomic E-state index is 12.4. The lowest BCUT2D eigenvalue weighted by atomic mass is 10.1. The molecule has 3 aromatic rings. The van der Waals surface area contributed by atoms with Crippen LogP contribution in [0.4, 0.5) is 11.4 Å². The maximum absolute atomic E-state index is 12.4. The van der Waals surface area contributed by atoms with Gasteiger partial charge in [0, 0.05) is 39.5 Å². The van der Waals surface area contributed by atoms with Crippen molar-refractivity contribution in [3.63, 3.8) is 0 Å². The zero-order valence-corrected chi connectivity index (χ0v) is 18.3. The molecule has 0 spiro atoms. The average molecular weight is 443 g/mol. The minimum absolute atomic E-state index is 0.0552. The van der Waals surface area contributed by atoms with E-state index in [0.717, 1.165) is 9.75 Å². The lowest BCUT2D eigenvalue weighted by molar-refractivity contribution is -0.116. The Morgan fingerprint density at radius 3 is 2.17 bits per heavy atom. The first kappa shape index (κ1) is 21.7. The number of hydrogen-bond donors (Lipinski definition) is 2. The quantitative estimate of drug-likeness (QED) is 0.492. The first-order valence-corrected chi connectivity index (χ1v) is 11.6. The van der Waals surface area contributed by atoms with E-state index >= 15 is 0 Å². The Morgan fingerprint density at radius 1 is 0.900 bits per heavy atom. The molecule has 0 aliphatic heterocycles. The molecule has 2 N–H and O–H groups in total. The van der Waals surface area contributed by atoms with E-state index in [2.05, 4.69) is 10.0 Å². The van der Waals surface area contributed by atoms with Crippen LogP contribution in [-0.4, -0.2) is 20.1 Å². The fraction of sp³-hybridized carbons (Fsp3) is 0.182. The highest BCUT2D eigenvalue weighted by Crippen LogP contribution is 2.22. The number of amides is 1. The maximum Gasteiger partial charge on any atom is 0.261 e. The van der Waals surface area contributed by atoms with E-state index in [4.69, 9.17) is 0 Å². The fourth-order valence-corrected chi connectivity index (χ4v) is 4.93. The summed E-state index contributed by atoms with van der Waals surface area (Å²) < 4.78 is 27.4. The molecular weight excluding hydrogens is 420 g/mol. The molecule has 30 heavy (non-hydrogen) atoms. The lowest BCUT2D eigenvalue weighted by Gasteiger charge is -2.09. The molecule has 1 amide bonds. The fourth-order valence-electron chi connectivity index (χ4n) is 2.93. The van der Waals surface area contributed by atoms with Crippen molar-refractivity contribution in [2.75, 3.05) is 10.0 Å². The molecule has 0 bridgehead atoms. The summed E-state index contributed by atoms with van der Waals surface area (Å²) in [7, 11) is -3.72. The molecule has 0 saturated heterocycles. The van der Waals surface area contributed by atoms with Gasteiger partial charge in [0.05, 0.1) is 4.90 Å². The Labute approximate surface area is 180 Å². The van der Waals surface area contributed by atoms with E-state index in [1.54, 1.807) is 41.7 Å². The summed E-state index contributed by atoms with van der Waals surface area (Å²) in [6.45, 7) is 3.84. The van der Waals surface area contributed by atoms with E-state index in [-0.39, 0.29) is 29.4 Å². The highest BCUT2D eigenvalue weighted by molar-refractivity contribution is 7.92. The Morgan fingerprint density at radius 2 is 1.57 bits per heavy atom. The smallest absolute Gasteiger partial charge is 0.261 e. The molecule has 0 fully saturated rings. The minimum atomic E-state index is -3.72. The third-order valence-electron chi connectivity index (χ3n) is 4.39. The number of thiophene rings is 1. The van der Waals surface area contributed by atoms with Crippen LogP contribution in [0.1, 0.15) is 33.0 Å². The van der Waals surface area contributed by atoms with Gasteiger partial charge in [-0.05, 0) is 56.3 Å². The largest absolute Gasteiger partial charge is 0.326 e. The molecule has 0 radical (unpaired) electrons. The van der Waals surface area contributed by atoms with Crippen molar-refractivity contribution in [2.24, 2.45) is 0 Å². The number of para-hydroxylation sites is 1. The van der Waals surface area contributed by atoms with Crippen LogP contribution >= 0.6 is 11.3 Å². The van der Waals surface area contributed by atoms with Gasteiger partial charge in [-0.25, -0.2) is 8.42 Å². The summed E-state index contributed by atoms with van der Waals surface area (Å²) in [5.74, 6) is -0.355. The van der Waals surface area contributed by atoms with Gasteiger partial charge in [-0.3, -0.25) is 14.3 Å². The second-order valence-electron chi connectivity index (χ2n) is 6.79. The van der Waals surface area contributed by atoms with Crippen molar-refractivity contribution in [3.05, 3.63) is 76.0 Å². The Balaban J connectivity index is 1.56. The van der Waals surface area contributed by atoms with Gasteiger partial charge >= 0.3 is 0 Å². The van der Waals surface area contributed by atoms with Crippen LogP contribution in [0.25, 0.3) is 0 Å². The minimum Gasteiger partial charge on any atom is -0.326 e. The number of ketones is 1. The second kappa shape index (κ2) is 9.23. The summed E-state index contributed by atoms with van der Waals surface area (Å²) in [4.78, 5) is 26.6. The van der Waals surface area contributed by atoms with E-state index in [9.17, 15) is 18.0 Å². The number of nitrogens with one attached hydrogen (secondary N) is 2. The van der Waals surface area contributed by atoms with Crippen molar-refractivity contribution in [1.29, 1.82) is 0 Å². The molecule has 8 heteroatoms. The van der Waals surface area contributed by atoms with Gasteiger partial charge in [-0.15, -0.1) is 11.3 Å². The van der Waals surface area contributed by atoms with Crippen molar-refractivity contribution >= 4 is 44.4 Å². The van der Waals surface area contributed by atoms with Crippen LogP contribution < -0.4 is 10.0 Å². The molecule has 0 atom stereocenters. The zero-order chi connectivity index (χ0) is 21.7. The van der Waals surface area contributed by atoms with Crippen LogP contribution in [0.15, 0.2) is 65.6 Å². The van der Waals surface area contributed by atoms with Crippen molar-refractivity contribution < 1.29 is 18.0 Å². The average Bonchev–Trinajstić information content (AvgIpc) is 3.05. The Bertz CT molecular complexity index is 1150. The molecule has 2 aromatic carbocycles. The van der Waals surface area contributed by atoms with Crippen molar-refractivity contribution in [2.45, 2.75) is 31.6 Å². The normalized spacial score (nSPS) is 11.1. The lowest BCUT2D eigenvalue weighted by Crippen LogP contribution is -2.15. The summed E-state index contributed by atoms with van der Waals surface area (Å²) >= 11 is 1.56. The van der Waals surface area contributed by atoms with Crippen LogP contribution in [0.5, 0.6) is 0 Å². The van der Waals surface area contributed by atoms with E-state index in [0.29, 0.717) is 16.9 Å². The third-order valence-corrected chi connectivity index (χ3v) is 6.76. The number of aryl methyl sites for hydroxylation is 2. The second-order valence-corrected chi connectivity index (χ2v) is 9.94. The molecular formula is C22H22N2O4S2.